The maximum atomic E-state index is 4.53. The second-order valence-electron chi connectivity index (χ2n) is 4.33. The van der Waals surface area contributed by atoms with Crippen LogP contribution in [0.2, 0.25) is 0 Å². The molecule has 2 heterocycles. The molecule has 3 aromatic rings. The molecule has 4 nitrogen and oxygen atoms in total. The monoisotopic (exact) mass is 238 g/mol. The summed E-state index contributed by atoms with van der Waals surface area (Å²) >= 11 is 0. The van der Waals surface area contributed by atoms with E-state index >= 15 is 0 Å². The first-order valence-electron chi connectivity index (χ1n) is 5.82. The lowest BCUT2D eigenvalue weighted by Crippen LogP contribution is -1.87. The number of aryl methyl sites for hydroxylation is 2. The van der Waals surface area contributed by atoms with Gasteiger partial charge in [-0.25, -0.2) is 0 Å². The van der Waals surface area contributed by atoms with Crippen molar-refractivity contribution in [1.82, 2.24) is 19.6 Å². The molecule has 0 saturated carbocycles. The van der Waals surface area contributed by atoms with Crippen LogP contribution in [0.15, 0.2) is 48.9 Å². The largest absolute Gasteiger partial charge is 0.275 e. The second-order valence-corrected chi connectivity index (χ2v) is 4.33. The summed E-state index contributed by atoms with van der Waals surface area (Å²) in [4.78, 5) is 0. The Morgan fingerprint density at radius 3 is 2.33 bits per heavy atom. The first-order chi connectivity index (χ1) is 8.74. The molecule has 0 unspecified atom stereocenters. The van der Waals surface area contributed by atoms with E-state index in [9.17, 15) is 0 Å². The fourth-order valence-electron chi connectivity index (χ4n) is 2.07. The van der Waals surface area contributed by atoms with Crippen LogP contribution in [0, 0.1) is 0 Å². The van der Waals surface area contributed by atoms with E-state index in [1.54, 1.807) is 4.68 Å². The van der Waals surface area contributed by atoms with Crippen LogP contribution in [0.3, 0.4) is 0 Å². The van der Waals surface area contributed by atoms with Crippen LogP contribution in [-0.4, -0.2) is 19.6 Å². The maximum absolute atomic E-state index is 4.53. The smallest absolute Gasteiger partial charge is 0.103 e. The molecule has 4 heteroatoms. The predicted octanol–water partition coefficient (Wildman–Crippen LogP) is 2.49. The minimum Gasteiger partial charge on any atom is -0.275 e. The van der Waals surface area contributed by atoms with Gasteiger partial charge in [0.1, 0.15) is 5.69 Å². The highest BCUT2D eigenvalue weighted by Gasteiger charge is 2.12. The lowest BCUT2D eigenvalue weighted by molar-refractivity contribution is 0.766. The van der Waals surface area contributed by atoms with E-state index in [0.29, 0.717) is 0 Å². The van der Waals surface area contributed by atoms with Gasteiger partial charge in [-0.1, -0.05) is 30.3 Å². The van der Waals surface area contributed by atoms with Crippen LogP contribution in [0.5, 0.6) is 0 Å². The van der Waals surface area contributed by atoms with Gasteiger partial charge in [-0.15, -0.1) is 0 Å². The molecule has 0 fully saturated rings. The van der Waals surface area contributed by atoms with Crippen molar-refractivity contribution < 1.29 is 0 Å². The minimum absolute atomic E-state index is 0.969. The van der Waals surface area contributed by atoms with E-state index in [-0.39, 0.29) is 0 Å². The Kier molecular flexibility index (Phi) is 2.48. The molecule has 0 aliphatic rings. The van der Waals surface area contributed by atoms with E-state index in [0.717, 1.165) is 16.8 Å². The van der Waals surface area contributed by atoms with E-state index in [1.807, 2.05) is 55.6 Å². The topological polar surface area (TPSA) is 35.6 Å². The molecular formula is C14H14N4. The molecule has 0 aliphatic heterocycles. The van der Waals surface area contributed by atoms with Crippen LogP contribution in [-0.2, 0) is 14.1 Å². The first-order valence-corrected chi connectivity index (χ1v) is 5.82. The van der Waals surface area contributed by atoms with Crippen molar-refractivity contribution in [2.24, 2.45) is 14.1 Å². The lowest BCUT2D eigenvalue weighted by atomic mass is 10.0. The van der Waals surface area contributed by atoms with Gasteiger partial charge in [0.15, 0.2) is 0 Å². The number of hydrogen-bond acceptors (Lipinski definition) is 2. The molecule has 18 heavy (non-hydrogen) atoms. The normalized spacial score (nSPS) is 10.8. The molecule has 0 atom stereocenters. The van der Waals surface area contributed by atoms with Crippen molar-refractivity contribution in [3.05, 3.63) is 48.9 Å². The van der Waals surface area contributed by atoms with Crippen molar-refractivity contribution in [2.45, 2.75) is 0 Å². The molecule has 0 bridgehead atoms. The van der Waals surface area contributed by atoms with Gasteiger partial charge in [-0.05, 0) is 5.56 Å². The fraction of sp³-hybridized carbons (Fsp3) is 0.143. The third kappa shape index (κ3) is 1.82. The fourth-order valence-corrected chi connectivity index (χ4v) is 2.07. The predicted molar refractivity (Wildman–Crippen MR) is 70.8 cm³/mol. The van der Waals surface area contributed by atoms with E-state index in [1.165, 1.54) is 5.56 Å². The van der Waals surface area contributed by atoms with Crippen molar-refractivity contribution in [1.29, 1.82) is 0 Å². The molecule has 90 valence electrons. The molecule has 1 aromatic carbocycles. The van der Waals surface area contributed by atoms with Crippen LogP contribution in [0.1, 0.15) is 0 Å². The van der Waals surface area contributed by atoms with Gasteiger partial charge >= 0.3 is 0 Å². The lowest BCUT2D eigenvalue weighted by Gasteiger charge is -1.99. The summed E-state index contributed by atoms with van der Waals surface area (Å²) in [5, 5.41) is 8.74. The third-order valence-electron chi connectivity index (χ3n) is 2.89. The Balaban J connectivity index is 2.16. The highest BCUT2D eigenvalue weighted by Crippen LogP contribution is 2.30. The average Bonchev–Trinajstić information content (AvgIpc) is 2.96. The summed E-state index contributed by atoms with van der Waals surface area (Å²) in [6.45, 7) is 0. The third-order valence-corrected chi connectivity index (χ3v) is 2.89. The quantitative estimate of drug-likeness (QED) is 0.687. The molecule has 0 spiro atoms. The summed E-state index contributed by atoms with van der Waals surface area (Å²) in [5.74, 6) is 0. The summed E-state index contributed by atoms with van der Waals surface area (Å²) in [6, 6.07) is 10.3. The van der Waals surface area contributed by atoms with E-state index in [4.69, 9.17) is 0 Å². The van der Waals surface area contributed by atoms with Crippen molar-refractivity contribution in [3.63, 3.8) is 0 Å². The molecule has 3 rings (SSSR count). The Labute approximate surface area is 105 Å². The van der Waals surface area contributed by atoms with Crippen LogP contribution >= 0.6 is 0 Å². The number of aromatic nitrogens is 4. The Bertz CT molecular complexity index is 664. The number of hydrogen-bond donors (Lipinski definition) is 0. The molecular weight excluding hydrogens is 224 g/mol. The van der Waals surface area contributed by atoms with Crippen LogP contribution in [0.4, 0.5) is 0 Å². The molecule has 0 aliphatic carbocycles. The van der Waals surface area contributed by atoms with Crippen molar-refractivity contribution >= 4 is 0 Å². The standard InChI is InChI=1S/C14H14N4/c1-17-9-12(8-15-17)14-13(10-18(2)16-14)11-6-4-3-5-7-11/h3-10H,1-2H3. The van der Waals surface area contributed by atoms with Gasteiger partial charge < -0.3 is 0 Å². The SMILES string of the molecule is Cn1cc(-c2nn(C)cc2-c2ccccc2)cn1. The molecule has 0 saturated heterocycles. The zero-order valence-electron chi connectivity index (χ0n) is 10.4. The summed E-state index contributed by atoms with van der Waals surface area (Å²) in [7, 11) is 3.85. The van der Waals surface area contributed by atoms with E-state index in [2.05, 4.69) is 22.3 Å². The molecule has 2 aromatic heterocycles. The van der Waals surface area contributed by atoms with Gasteiger partial charge in [-0.2, -0.15) is 10.2 Å². The first kappa shape index (κ1) is 10.8. The highest BCUT2D eigenvalue weighted by atomic mass is 15.3. The highest BCUT2D eigenvalue weighted by molar-refractivity contribution is 5.79. The Morgan fingerprint density at radius 2 is 1.67 bits per heavy atom. The average molecular weight is 238 g/mol. The Morgan fingerprint density at radius 1 is 0.889 bits per heavy atom. The number of benzene rings is 1. The van der Waals surface area contributed by atoms with Crippen LogP contribution in [0.25, 0.3) is 22.4 Å². The van der Waals surface area contributed by atoms with Gasteiger partial charge in [-0.3, -0.25) is 9.36 Å². The summed E-state index contributed by atoms with van der Waals surface area (Å²) < 4.78 is 3.63. The van der Waals surface area contributed by atoms with E-state index < -0.39 is 0 Å². The van der Waals surface area contributed by atoms with Gasteiger partial charge in [0, 0.05) is 37.6 Å². The summed E-state index contributed by atoms with van der Waals surface area (Å²) in [5.41, 5.74) is 4.31. The number of nitrogens with zero attached hydrogens (tertiary/aromatic N) is 4. The zero-order valence-corrected chi connectivity index (χ0v) is 10.4. The molecule has 0 radical (unpaired) electrons. The van der Waals surface area contributed by atoms with Crippen molar-refractivity contribution in [2.75, 3.05) is 0 Å². The van der Waals surface area contributed by atoms with Gasteiger partial charge in [0.05, 0.1) is 6.20 Å². The molecule has 0 amide bonds. The van der Waals surface area contributed by atoms with Crippen LogP contribution < -0.4 is 0 Å². The number of rotatable bonds is 2. The summed E-state index contributed by atoms with van der Waals surface area (Å²) in [6.07, 6.45) is 5.86. The van der Waals surface area contributed by atoms with Gasteiger partial charge in [0.25, 0.3) is 0 Å². The van der Waals surface area contributed by atoms with Gasteiger partial charge in [0.2, 0.25) is 0 Å². The minimum atomic E-state index is 0.969. The molecule has 0 N–H and O–H groups in total. The zero-order chi connectivity index (χ0) is 12.5. The Hall–Kier alpha value is -2.36. The second kappa shape index (κ2) is 4.14. The van der Waals surface area contributed by atoms with Crippen molar-refractivity contribution in [3.8, 4) is 22.4 Å². The maximum Gasteiger partial charge on any atom is 0.103 e.